The largest absolute Gasteiger partial charge is 0.309 e. The molecule has 0 atom stereocenters. The molecule has 0 amide bonds. The van der Waals surface area contributed by atoms with Crippen LogP contribution in [0, 0.1) is 13.8 Å². The van der Waals surface area contributed by atoms with Crippen molar-refractivity contribution < 1.29 is 0 Å². The van der Waals surface area contributed by atoms with Crippen LogP contribution in [0.1, 0.15) is 11.1 Å². The fraction of sp³-hybridized carbons (Fsp3) is 0.0270. The van der Waals surface area contributed by atoms with Crippen molar-refractivity contribution in [1.82, 2.24) is 0 Å². The number of hydrogen-bond donors (Lipinski definition) is 0. The van der Waals surface area contributed by atoms with Crippen LogP contribution >= 0.6 is 0 Å². The first-order chi connectivity index (χ1) is 37.6. The highest BCUT2D eigenvalue weighted by Gasteiger charge is 2.26. The normalized spacial score (nSPS) is 11.0. The predicted octanol–water partition coefficient (Wildman–Crippen LogP) is 20.9. The van der Waals surface area contributed by atoms with Gasteiger partial charge >= 0.3 is 0 Å². The Morgan fingerprint density at radius 3 is 0.737 bits per heavy atom. The van der Waals surface area contributed by atoms with Gasteiger partial charge in [0, 0.05) is 45.0 Å². The SMILES string of the molecule is Cc1cc(-c2ccc(N(c3cccc(-c4ccccc4)c3)c3c(-c4ccccc4)cccc3-c3ccccc3)c(C)c2)ccc1N(c1cccc(-c2ccccc2)c1)c1c(-c2ccccc2)cccc1-c1ccccc1. The zero-order chi connectivity index (χ0) is 51.2. The van der Waals surface area contributed by atoms with E-state index in [9.17, 15) is 0 Å². The zero-order valence-corrected chi connectivity index (χ0v) is 42.8. The van der Waals surface area contributed by atoms with Gasteiger partial charge < -0.3 is 9.80 Å². The van der Waals surface area contributed by atoms with Crippen molar-refractivity contribution in [1.29, 1.82) is 0 Å². The summed E-state index contributed by atoms with van der Waals surface area (Å²) in [6, 6.07) is 110. The first kappa shape index (κ1) is 47.3. The second-order valence-electron chi connectivity index (χ2n) is 19.4. The zero-order valence-electron chi connectivity index (χ0n) is 42.8. The van der Waals surface area contributed by atoms with Gasteiger partial charge in [0.25, 0.3) is 0 Å². The molecule has 0 aliphatic carbocycles. The van der Waals surface area contributed by atoms with Gasteiger partial charge in [-0.05, 0) is 129 Å². The Balaban J connectivity index is 1.02. The molecule has 0 heterocycles. The number of aryl methyl sites for hydroxylation is 2. The number of anilines is 6. The third-order valence-electron chi connectivity index (χ3n) is 14.5. The van der Waals surface area contributed by atoms with Crippen LogP contribution in [0.25, 0.3) is 77.9 Å². The van der Waals surface area contributed by atoms with Gasteiger partial charge in [-0.25, -0.2) is 0 Å². The maximum atomic E-state index is 2.49. The van der Waals surface area contributed by atoms with Crippen molar-refractivity contribution in [3.63, 3.8) is 0 Å². The second-order valence-corrected chi connectivity index (χ2v) is 19.4. The van der Waals surface area contributed by atoms with Gasteiger partial charge in [0.2, 0.25) is 0 Å². The molecule has 12 aromatic rings. The average molecular weight is 973 g/mol. The molecule has 0 N–H and O–H groups in total. The molecule has 0 spiro atoms. The van der Waals surface area contributed by atoms with E-state index in [1.165, 1.54) is 11.1 Å². The van der Waals surface area contributed by atoms with Crippen LogP contribution in [0.4, 0.5) is 34.1 Å². The van der Waals surface area contributed by atoms with Crippen LogP contribution in [0.5, 0.6) is 0 Å². The van der Waals surface area contributed by atoms with Gasteiger partial charge in [-0.2, -0.15) is 0 Å². The van der Waals surface area contributed by atoms with Crippen molar-refractivity contribution >= 4 is 34.1 Å². The van der Waals surface area contributed by atoms with Crippen LogP contribution in [0.2, 0.25) is 0 Å². The highest BCUT2D eigenvalue weighted by atomic mass is 15.2. The first-order valence-electron chi connectivity index (χ1n) is 26.2. The van der Waals surface area contributed by atoms with Crippen LogP contribution in [-0.4, -0.2) is 0 Å². The Hall–Kier alpha value is -9.76. The molecule has 2 nitrogen and oxygen atoms in total. The lowest BCUT2D eigenvalue weighted by Gasteiger charge is -2.32. The van der Waals surface area contributed by atoms with Gasteiger partial charge in [0.1, 0.15) is 0 Å². The Bertz CT molecular complexity index is 3550. The van der Waals surface area contributed by atoms with E-state index in [0.29, 0.717) is 0 Å². The quantitative estimate of drug-likeness (QED) is 0.114. The fourth-order valence-electron chi connectivity index (χ4n) is 10.8. The summed E-state index contributed by atoms with van der Waals surface area (Å²) in [5.74, 6) is 0. The molecule has 12 aromatic carbocycles. The Morgan fingerprint density at radius 2 is 0.447 bits per heavy atom. The molecule has 0 aliphatic heterocycles. The van der Waals surface area contributed by atoms with E-state index in [1.54, 1.807) is 0 Å². The van der Waals surface area contributed by atoms with Gasteiger partial charge in [-0.15, -0.1) is 0 Å². The third kappa shape index (κ3) is 9.52. The summed E-state index contributed by atoms with van der Waals surface area (Å²) in [6.07, 6.45) is 0. The maximum absolute atomic E-state index is 2.49. The first-order valence-corrected chi connectivity index (χ1v) is 26.2. The summed E-state index contributed by atoms with van der Waals surface area (Å²) in [4.78, 5) is 4.97. The van der Waals surface area contributed by atoms with Gasteiger partial charge in [0.15, 0.2) is 0 Å². The lowest BCUT2D eigenvalue weighted by atomic mass is 9.92. The molecule has 2 heteroatoms. The number of para-hydroxylation sites is 2. The molecular weight excluding hydrogens is 917 g/mol. The summed E-state index contributed by atoms with van der Waals surface area (Å²) in [7, 11) is 0. The van der Waals surface area contributed by atoms with Crippen molar-refractivity contribution in [3.8, 4) is 77.9 Å². The average Bonchev–Trinajstić information content (AvgIpc) is 3.54. The van der Waals surface area contributed by atoms with Gasteiger partial charge in [-0.1, -0.05) is 255 Å². The molecule has 76 heavy (non-hydrogen) atoms. The summed E-state index contributed by atoms with van der Waals surface area (Å²) in [6.45, 7) is 4.52. The predicted molar refractivity (Wildman–Crippen MR) is 323 cm³/mol. The minimum atomic E-state index is 1.08. The van der Waals surface area contributed by atoms with Crippen molar-refractivity contribution in [3.05, 3.63) is 314 Å². The lowest BCUT2D eigenvalue weighted by molar-refractivity contribution is 1.24. The second kappa shape index (κ2) is 21.4. The minimum absolute atomic E-state index is 1.08. The van der Waals surface area contributed by atoms with Crippen LogP contribution in [0.3, 0.4) is 0 Å². The van der Waals surface area contributed by atoms with E-state index < -0.39 is 0 Å². The standard InChI is InChI=1S/C74H56N2/c1-53-49-63(45-47-71(53)75(65-39-21-37-61(51-65)55-25-9-3-10-26-55)73-67(57-29-13-5-14-30-57)41-23-42-68(73)58-31-15-6-16-32-58)64-46-48-72(54(2)50-64)76(66-40-22-38-62(52-66)56-27-11-4-12-28-56)74-69(59-33-17-7-18-34-59)43-24-44-70(74)60-35-19-8-20-36-60/h3-52H,1-2H3. The number of benzene rings is 12. The lowest BCUT2D eigenvalue weighted by Crippen LogP contribution is -2.14. The van der Waals surface area contributed by atoms with Crippen molar-refractivity contribution in [2.45, 2.75) is 13.8 Å². The number of nitrogens with zero attached hydrogens (tertiary/aromatic N) is 2. The maximum Gasteiger partial charge on any atom is 0.0618 e. The topological polar surface area (TPSA) is 6.48 Å². The molecule has 12 rings (SSSR count). The molecule has 0 aliphatic rings. The van der Waals surface area contributed by atoms with E-state index >= 15 is 0 Å². The molecule has 0 unspecified atom stereocenters. The summed E-state index contributed by atoms with van der Waals surface area (Å²) >= 11 is 0. The van der Waals surface area contributed by atoms with Gasteiger partial charge in [-0.3, -0.25) is 0 Å². The summed E-state index contributed by atoms with van der Waals surface area (Å²) in [5.41, 5.74) is 25.2. The van der Waals surface area contributed by atoms with Crippen LogP contribution in [0.15, 0.2) is 303 Å². The number of hydrogen-bond acceptors (Lipinski definition) is 2. The van der Waals surface area contributed by atoms with Gasteiger partial charge in [0.05, 0.1) is 11.4 Å². The van der Waals surface area contributed by atoms with Crippen molar-refractivity contribution in [2.24, 2.45) is 0 Å². The number of rotatable bonds is 13. The molecular formula is C74H56N2. The molecule has 0 radical (unpaired) electrons. The summed E-state index contributed by atoms with van der Waals surface area (Å²) in [5, 5.41) is 0. The Morgan fingerprint density at radius 1 is 0.197 bits per heavy atom. The van der Waals surface area contributed by atoms with Crippen molar-refractivity contribution in [2.75, 3.05) is 9.80 Å². The Kier molecular flexibility index (Phi) is 13.3. The Labute approximate surface area is 447 Å². The summed E-state index contributed by atoms with van der Waals surface area (Å²) < 4.78 is 0. The highest BCUT2D eigenvalue weighted by Crippen LogP contribution is 2.51. The molecule has 362 valence electrons. The van der Waals surface area contributed by atoms with E-state index in [2.05, 4.69) is 327 Å². The minimum Gasteiger partial charge on any atom is -0.309 e. The third-order valence-corrected chi connectivity index (χ3v) is 14.5. The molecule has 0 aromatic heterocycles. The van der Waals surface area contributed by atoms with E-state index in [-0.39, 0.29) is 0 Å². The molecule has 0 saturated heterocycles. The molecule has 0 fully saturated rings. The van der Waals surface area contributed by atoms with Crippen LogP contribution < -0.4 is 9.80 Å². The highest BCUT2D eigenvalue weighted by molar-refractivity contribution is 6.00. The van der Waals surface area contributed by atoms with E-state index in [1.807, 2.05) is 0 Å². The van der Waals surface area contributed by atoms with E-state index in [0.717, 1.165) is 112 Å². The van der Waals surface area contributed by atoms with Crippen LogP contribution in [-0.2, 0) is 0 Å². The smallest absolute Gasteiger partial charge is 0.0618 e. The van der Waals surface area contributed by atoms with E-state index in [4.69, 9.17) is 0 Å². The molecule has 0 bridgehead atoms. The fourth-order valence-corrected chi connectivity index (χ4v) is 10.8. The monoisotopic (exact) mass is 972 g/mol. The molecule has 0 saturated carbocycles.